The van der Waals surface area contributed by atoms with Crippen molar-refractivity contribution >= 4 is 11.6 Å². The van der Waals surface area contributed by atoms with E-state index in [-0.39, 0.29) is 5.82 Å². The predicted octanol–water partition coefficient (Wildman–Crippen LogP) is 1.60. The van der Waals surface area contributed by atoms with Crippen LogP contribution in [0.25, 0.3) is 0 Å². The van der Waals surface area contributed by atoms with E-state index in [1.165, 1.54) is 6.07 Å². The zero-order chi connectivity index (χ0) is 13.2. The summed E-state index contributed by atoms with van der Waals surface area (Å²) in [5.74, 6) is -0.283. The molecule has 1 aliphatic rings. The van der Waals surface area contributed by atoms with Gasteiger partial charge in [-0.3, -0.25) is 4.90 Å². The number of nitrogens with two attached hydrogens (primary N) is 1. The first-order chi connectivity index (χ1) is 8.50. The molecule has 1 unspecified atom stereocenters. The number of piperazine rings is 1. The Bertz CT molecular complexity index is 396. The van der Waals surface area contributed by atoms with Gasteiger partial charge in [0.2, 0.25) is 0 Å². The average Bonchev–Trinajstić information content (AvgIpc) is 2.35. The molecule has 3 N–H and O–H groups in total. The van der Waals surface area contributed by atoms with Crippen LogP contribution in [0.3, 0.4) is 0 Å². The van der Waals surface area contributed by atoms with Crippen LogP contribution in [0.15, 0.2) is 18.2 Å². The second kappa shape index (κ2) is 5.53. The standard InChI is InChI=1S/C13H19ClFN3/c1-13(16,18-7-5-17-6-8-18)9-10-11(14)3-2-4-12(10)15/h2-4,17H,5-9,16H2,1H3. The minimum absolute atomic E-state index is 0.283. The molecule has 1 atom stereocenters. The van der Waals surface area contributed by atoms with Crippen LogP contribution in [0.2, 0.25) is 5.02 Å². The molecule has 0 amide bonds. The fourth-order valence-corrected chi connectivity index (χ4v) is 2.58. The fourth-order valence-electron chi connectivity index (χ4n) is 2.35. The highest BCUT2D eigenvalue weighted by molar-refractivity contribution is 6.31. The summed E-state index contributed by atoms with van der Waals surface area (Å²) < 4.78 is 13.8. The molecular weight excluding hydrogens is 253 g/mol. The SMILES string of the molecule is CC(N)(Cc1c(F)cccc1Cl)N1CCNCC1. The molecule has 5 heteroatoms. The molecule has 1 aromatic rings. The van der Waals surface area contributed by atoms with Crippen molar-refractivity contribution in [1.82, 2.24) is 10.2 Å². The Balaban J connectivity index is 2.16. The lowest BCUT2D eigenvalue weighted by Crippen LogP contribution is -2.60. The van der Waals surface area contributed by atoms with E-state index in [1.807, 2.05) is 6.92 Å². The van der Waals surface area contributed by atoms with Crippen LogP contribution in [-0.2, 0) is 6.42 Å². The van der Waals surface area contributed by atoms with Crippen LogP contribution in [-0.4, -0.2) is 36.7 Å². The molecule has 0 bridgehead atoms. The lowest BCUT2D eigenvalue weighted by atomic mass is 9.99. The molecule has 0 aliphatic carbocycles. The van der Waals surface area contributed by atoms with Crippen molar-refractivity contribution in [2.75, 3.05) is 26.2 Å². The van der Waals surface area contributed by atoms with E-state index in [0.29, 0.717) is 17.0 Å². The van der Waals surface area contributed by atoms with Crippen LogP contribution in [0, 0.1) is 5.82 Å². The van der Waals surface area contributed by atoms with Gasteiger partial charge in [0.1, 0.15) is 5.82 Å². The molecule has 1 heterocycles. The Morgan fingerprint density at radius 2 is 2.11 bits per heavy atom. The zero-order valence-electron chi connectivity index (χ0n) is 10.5. The Kier molecular flexibility index (Phi) is 4.22. The smallest absolute Gasteiger partial charge is 0.128 e. The average molecular weight is 272 g/mol. The van der Waals surface area contributed by atoms with Crippen molar-refractivity contribution in [2.45, 2.75) is 19.0 Å². The number of halogens is 2. The van der Waals surface area contributed by atoms with E-state index in [4.69, 9.17) is 17.3 Å². The van der Waals surface area contributed by atoms with Crippen LogP contribution in [0.5, 0.6) is 0 Å². The van der Waals surface area contributed by atoms with Crippen LogP contribution >= 0.6 is 11.6 Å². The molecule has 1 saturated heterocycles. The summed E-state index contributed by atoms with van der Waals surface area (Å²) in [6.45, 7) is 5.51. The van der Waals surface area contributed by atoms with E-state index in [0.717, 1.165) is 26.2 Å². The third-order valence-electron chi connectivity index (χ3n) is 3.44. The van der Waals surface area contributed by atoms with Crippen LogP contribution in [0.4, 0.5) is 4.39 Å². The summed E-state index contributed by atoms with van der Waals surface area (Å²) in [6, 6.07) is 4.74. The van der Waals surface area contributed by atoms with Gasteiger partial charge in [-0.2, -0.15) is 0 Å². The molecule has 2 rings (SSSR count). The number of nitrogens with one attached hydrogen (secondary N) is 1. The van der Waals surface area contributed by atoms with E-state index in [1.54, 1.807) is 12.1 Å². The molecule has 1 aliphatic heterocycles. The summed E-state index contributed by atoms with van der Waals surface area (Å²) in [5, 5.41) is 3.72. The van der Waals surface area contributed by atoms with Gasteiger partial charge in [0.15, 0.2) is 0 Å². The van der Waals surface area contributed by atoms with Gasteiger partial charge in [-0.15, -0.1) is 0 Å². The van der Waals surface area contributed by atoms with E-state index in [2.05, 4.69) is 10.2 Å². The minimum atomic E-state index is -0.575. The lowest BCUT2D eigenvalue weighted by molar-refractivity contribution is 0.0925. The van der Waals surface area contributed by atoms with Crippen molar-refractivity contribution < 1.29 is 4.39 Å². The van der Waals surface area contributed by atoms with Crippen LogP contribution < -0.4 is 11.1 Å². The van der Waals surface area contributed by atoms with Gasteiger partial charge in [-0.05, 0) is 19.1 Å². The maximum Gasteiger partial charge on any atom is 0.128 e. The maximum atomic E-state index is 13.8. The molecule has 0 aromatic heterocycles. The molecule has 1 fully saturated rings. The Morgan fingerprint density at radius 1 is 1.44 bits per heavy atom. The second-order valence-corrected chi connectivity index (χ2v) is 5.38. The zero-order valence-corrected chi connectivity index (χ0v) is 11.3. The fraction of sp³-hybridized carbons (Fsp3) is 0.538. The number of hydrogen-bond acceptors (Lipinski definition) is 3. The highest BCUT2D eigenvalue weighted by Gasteiger charge is 2.30. The molecular formula is C13H19ClFN3. The Morgan fingerprint density at radius 3 is 2.72 bits per heavy atom. The topological polar surface area (TPSA) is 41.3 Å². The summed E-state index contributed by atoms with van der Waals surface area (Å²) in [7, 11) is 0. The van der Waals surface area contributed by atoms with Crippen molar-refractivity contribution in [3.63, 3.8) is 0 Å². The predicted molar refractivity (Wildman–Crippen MR) is 72.1 cm³/mol. The number of hydrogen-bond donors (Lipinski definition) is 2. The Hall–Kier alpha value is -0.680. The van der Waals surface area contributed by atoms with Crippen molar-refractivity contribution in [1.29, 1.82) is 0 Å². The molecule has 18 heavy (non-hydrogen) atoms. The first kappa shape index (κ1) is 13.7. The Labute approximate surface area is 112 Å². The highest BCUT2D eigenvalue weighted by atomic mass is 35.5. The van der Waals surface area contributed by atoms with Gasteiger partial charge in [0, 0.05) is 43.2 Å². The monoisotopic (exact) mass is 271 g/mol. The van der Waals surface area contributed by atoms with Crippen molar-refractivity contribution in [3.05, 3.63) is 34.6 Å². The number of nitrogens with zero attached hydrogens (tertiary/aromatic N) is 1. The molecule has 1 aromatic carbocycles. The molecule has 0 radical (unpaired) electrons. The molecule has 3 nitrogen and oxygen atoms in total. The number of benzene rings is 1. The van der Waals surface area contributed by atoms with E-state index < -0.39 is 5.66 Å². The third-order valence-corrected chi connectivity index (χ3v) is 3.79. The summed E-state index contributed by atoms with van der Waals surface area (Å²) in [4.78, 5) is 2.17. The van der Waals surface area contributed by atoms with Crippen molar-refractivity contribution in [2.24, 2.45) is 5.73 Å². The molecule has 0 spiro atoms. The molecule has 0 saturated carbocycles. The summed E-state index contributed by atoms with van der Waals surface area (Å²) in [6.07, 6.45) is 0.415. The maximum absolute atomic E-state index is 13.8. The normalized spacial score (nSPS) is 20.7. The van der Waals surface area contributed by atoms with Gasteiger partial charge in [0.05, 0.1) is 5.66 Å². The quantitative estimate of drug-likeness (QED) is 0.878. The van der Waals surface area contributed by atoms with Gasteiger partial charge >= 0.3 is 0 Å². The van der Waals surface area contributed by atoms with Gasteiger partial charge < -0.3 is 11.1 Å². The van der Waals surface area contributed by atoms with Crippen molar-refractivity contribution in [3.8, 4) is 0 Å². The number of rotatable bonds is 3. The van der Waals surface area contributed by atoms with Gasteiger partial charge in [0.25, 0.3) is 0 Å². The van der Waals surface area contributed by atoms with E-state index in [9.17, 15) is 4.39 Å². The van der Waals surface area contributed by atoms with Gasteiger partial charge in [-0.1, -0.05) is 17.7 Å². The second-order valence-electron chi connectivity index (χ2n) is 4.97. The van der Waals surface area contributed by atoms with E-state index >= 15 is 0 Å². The molecule has 100 valence electrons. The van der Waals surface area contributed by atoms with Crippen LogP contribution in [0.1, 0.15) is 12.5 Å². The third kappa shape index (κ3) is 3.01. The minimum Gasteiger partial charge on any atom is -0.314 e. The summed E-state index contributed by atoms with van der Waals surface area (Å²) >= 11 is 6.05. The first-order valence-corrected chi connectivity index (χ1v) is 6.56. The summed E-state index contributed by atoms with van der Waals surface area (Å²) in [5.41, 5.74) is 6.26. The largest absolute Gasteiger partial charge is 0.314 e. The van der Waals surface area contributed by atoms with Gasteiger partial charge in [-0.25, -0.2) is 4.39 Å². The highest BCUT2D eigenvalue weighted by Crippen LogP contribution is 2.24. The lowest BCUT2D eigenvalue weighted by Gasteiger charge is -2.41. The first-order valence-electron chi connectivity index (χ1n) is 6.18.